The van der Waals surface area contributed by atoms with E-state index in [1.165, 1.54) is 24.3 Å². The second-order valence-corrected chi connectivity index (χ2v) is 5.18. The van der Waals surface area contributed by atoms with E-state index in [4.69, 9.17) is 27.9 Å². The number of nitrogens with one attached hydrogen (secondary N) is 1. The lowest BCUT2D eigenvalue weighted by atomic mass is 10.3. The molecule has 1 N–H and O–H groups in total. The van der Waals surface area contributed by atoms with Crippen LogP contribution in [0, 0.1) is 5.82 Å². The molecule has 0 saturated carbocycles. The highest BCUT2D eigenvalue weighted by Crippen LogP contribution is 2.28. The molecule has 0 radical (unpaired) electrons. The molecule has 2 aromatic carbocycles. The monoisotopic (exact) mass is 327 g/mol. The van der Waals surface area contributed by atoms with Gasteiger partial charge in [-0.25, -0.2) is 4.39 Å². The Morgan fingerprint density at radius 2 is 2.00 bits per heavy atom. The van der Waals surface area contributed by atoms with Gasteiger partial charge in [-0.2, -0.15) is 0 Å². The molecule has 21 heavy (non-hydrogen) atoms. The Bertz CT molecular complexity index is 664. The number of amides is 1. The van der Waals surface area contributed by atoms with Crippen molar-refractivity contribution in [1.29, 1.82) is 0 Å². The van der Waals surface area contributed by atoms with Gasteiger partial charge >= 0.3 is 0 Å². The van der Waals surface area contributed by atoms with Gasteiger partial charge in [-0.15, -0.1) is 0 Å². The highest BCUT2D eigenvalue weighted by atomic mass is 35.5. The van der Waals surface area contributed by atoms with Crippen molar-refractivity contribution < 1.29 is 13.9 Å². The summed E-state index contributed by atoms with van der Waals surface area (Å²) in [5.74, 6) is -0.489. The Balaban J connectivity index is 2.02. The second-order valence-electron chi connectivity index (χ2n) is 4.33. The van der Waals surface area contributed by atoms with E-state index in [1.54, 1.807) is 25.1 Å². The van der Waals surface area contributed by atoms with E-state index >= 15 is 0 Å². The second kappa shape index (κ2) is 6.78. The molecule has 0 fully saturated rings. The highest BCUT2D eigenvalue weighted by molar-refractivity contribution is 6.35. The number of anilines is 1. The summed E-state index contributed by atoms with van der Waals surface area (Å²) in [6, 6.07) is 10.3. The Kier molecular flexibility index (Phi) is 5.04. The van der Waals surface area contributed by atoms with Gasteiger partial charge in [0, 0.05) is 10.7 Å². The van der Waals surface area contributed by atoms with Gasteiger partial charge in [0.05, 0.1) is 5.02 Å². The fourth-order valence-electron chi connectivity index (χ4n) is 1.62. The van der Waals surface area contributed by atoms with Crippen molar-refractivity contribution >= 4 is 34.8 Å². The summed E-state index contributed by atoms with van der Waals surface area (Å²) >= 11 is 11.8. The lowest BCUT2D eigenvalue weighted by Crippen LogP contribution is -2.30. The van der Waals surface area contributed by atoms with E-state index in [1.807, 2.05) is 0 Å². The van der Waals surface area contributed by atoms with Crippen LogP contribution in [0.3, 0.4) is 0 Å². The number of rotatable bonds is 4. The normalized spacial score (nSPS) is 11.8. The number of ether oxygens (including phenoxy) is 1. The molecule has 0 saturated heterocycles. The number of carbonyl (C=O) groups excluding carboxylic acids is 1. The van der Waals surface area contributed by atoms with E-state index in [9.17, 15) is 9.18 Å². The van der Waals surface area contributed by atoms with Gasteiger partial charge < -0.3 is 10.1 Å². The van der Waals surface area contributed by atoms with Gasteiger partial charge in [0.25, 0.3) is 5.91 Å². The molecule has 2 aromatic rings. The van der Waals surface area contributed by atoms with E-state index in [0.717, 1.165) is 0 Å². The Labute approximate surface area is 131 Å². The average molecular weight is 328 g/mol. The van der Waals surface area contributed by atoms with Gasteiger partial charge in [0.1, 0.15) is 11.6 Å². The van der Waals surface area contributed by atoms with Crippen molar-refractivity contribution in [2.75, 3.05) is 5.32 Å². The Hall–Kier alpha value is -1.78. The predicted octanol–water partition coefficient (Wildman–Crippen LogP) is 4.54. The minimum Gasteiger partial charge on any atom is -0.479 e. The Morgan fingerprint density at radius 1 is 1.24 bits per heavy atom. The smallest absolute Gasteiger partial charge is 0.265 e. The third kappa shape index (κ3) is 4.34. The van der Waals surface area contributed by atoms with Crippen molar-refractivity contribution in [2.45, 2.75) is 13.0 Å². The van der Waals surface area contributed by atoms with Crippen LogP contribution in [0.1, 0.15) is 6.92 Å². The fraction of sp³-hybridized carbons (Fsp3) is 0.133. The number of carbonyl (C=O) groups is 1. The van der Waals surface area contributed by atoms with E-state index in [0.29, 0.717) is 21.5 Å². The summed E-state index contributed by atoms with van der Waals surface area (Å²) in [6.07, 6.45) is -0.799. The maximum Gasteiger partial charge on any atom is 0.265 e. The van der Waals surface area contributed by atoms with E-state index in [-0.39, 0.29) is 0 Å². The Morgan fingerprint density at radius 3 is 2.67 bits per heavy atom. The minimum absolute atomic E-state index is 0.313. The van der Waals surface area contributed by atoms with Crippen LogP contribution in [0.15, 0.2) is 42.5 Å². The maximum absolute atomic E-state index is 13.0. The lowest BCUT2D eigenvalue weighted by molar-refractivity contribution is -0.122. The quantitative estimate of drug-likeness (QED) is 0.895. The average Bonchev–Trinajstić information content (AvgIpc) is 2.41. The molecule has 0 aliphatic heterocycles. The highest BCUT2D eigenvalue weighted by Gasteiger charge is 2.16. The number of benzene rings is 2. The molecule has 6 heteroatoms. The maximum atomic E-state index is 13.0. The van der Waals surface area contributed by atoms with Gasteiger partial charge in [-0.1, -0.05) is 29.3 Å². The standard InChI is InChI=1S/C15H12Cl2FNO2/c1-9(21-14-6-5-10(16)7-13(14)17)15(20)19-12-4-2-3-11(18)8-12/h2-9H,1H3,(H,19,20). The number of halogens is 3. The first-order valence-corrected chi connectivity index (χ1v) is 6.89. The summed E-state index contributed by atoms with van der Waals surface area (Å²) in [6.45, 7) is 1.57. The molecule has 0 aliphatic carbocycles. The van der Waals surface area contributed by atoms with Crippen molar-refractivity contribution in [3.8, 4) is 5.75 Å². The van der Waals surface area contributed by atoms with Crippen LogP contribution in [0.25, 0.3) is 0 Å². The molecule has 2 rings (SSSR count). The molecule has 0 spiro atoms. The van der Waals surface area contributed by atoms with Crippen molar-refractivity contribution in [3.05, 3.63) is 58.3 Å². The third-order valence-corrected chi connectivity index (χ3v) is 3.19. The molecule has 0 aromatic heterocycles. The van der Waals surface area contributed by atoms with Crippen LogP contribution in [0.5, 0.6) is 5.75 Å². The largest absolute Gasteiger partial charge is 0.479 e. The van der Waals surface area contributed by atoms with Crippen LogP contribution >= 0.6 is 23.2 Å². The van der Waals surface area contributed by atoms with Crippen molar-refractivity contribution in [3.63, 3.8) is 0 Å². The first-order chi connectivity index (χ1) is 9.95. The predicted molar refractivity (Wildman–Crippen MR) is 81.6 cm³/mol. The topological polar surface area (TPSA) is 38.3 Å². The van der Waals surface area contributed by atoms with E-state index < -0.39 is 17.8 Å². The van der Waals surface area contributed by atoms with Gasteiger partial charge in [0.2, 0.25) is 0 Å². The van der Waals surface area contributed by atoms with Crippen molar-refractivity contribution in [1.82, 2.24) is 0 Å². The molecule has 1 amide bonds. The van der Waals surface area contributed by atoms with Gasteiger partial charge in [-0.3, -0.25) is 4.79 Å². The summed E-state index contributed by atoms with van der Waals surface area (Å²) in [4.78, 5) is 12.0. The van der Waals surface area contributed by atoms with Gasteiger partial charge in [-0.05, 0) is 43.3 Å². The SMILES string of the molecule is CC(Oc1ccc(Cl)cc1Cl)C(=O)Nc1cccc(F)c1. The minimum atomic E-state index is -0.799. The summed E-state index contributed by atoms with van der Waals surface area (Å²) in [5.41, 5.74) is 0.359. The zero-order chi connectivity index (χ0) is 15.4. The molecule has 3 nitrogen and oxygen atoms in total. The molecule has 1 unspecified atom stereocenters. The molecule has 0 bridgehead atoms. The molecular weight excluding hydrogens is 316 g/mol. The van der Waals surface area contributed by atoms with Crippen LogP contribution in [-0.2, 0) is 4.79 Å². The fourth-order valence-corrected chi connectivity index (χ4v) is 2.08. The van der Waals surface area contributed by atoms with Crippen LogP contribution in [0.4, 0.5) is 10.1 Å². The first-order valence-electron chi connectivity index (χ1n) is 6.14. The number of hydrogen-bond donors (Lipinski definition) is 1. The molecular formula is C15H12Cl2FNO2. The van der Waals surface area contributed by atoms with E-state index in [2.05, 4.69) is 5.32 Å². The van der Waals surface area contributed by atoms with Crippen molar-refractivity contribution in [2.24, 2.45) is 0 Å². The summed E-state index contributed by atoms with van der Waals surface area (Å²) < 4.78 is 18.5. The van der Waals surface area contributed by atoms with Crippen LogP contribution in [-0.4, -0.2) is 12.0 Å². The zero-order valence-electron chi connectivity index (χ0n) is 11.1. The summed E-state index contributed by atoms with van der Waals surface area (Å²) in [5, 5.41) is 3.35. The zero-order valence-corrected chi connectivity index (χ0v) is 12.6. The third-order valence-electron chi connectivity index (χ3n) is 2.66. The van der Waals surface area contributed by atoms with Gasteiger partial charge in [0.15, 0.2) is 6.10 Å². The van der Waals surface area contributed by atoms with Crippen LogP contribution < -0.4 is 10.1 Å². The molecule has 1 atom stereocenters. The first kappa shape index (κ1) is 15.6. The number of hydrogen-bond acceptors (Lipinski definition) is 2. The van der Waals surface area contributed by atoms with Crippen LogP contribution in [0.2, 0.25) is 10.0 Å². The molecule has 0 aliphatic rings. The lowest BCUT2D eigenvalue weighted by Gasteiger charge is -2.15. The molecule has 0 heterocycles. The summed E-state index contributed by atoms with van der Waals surface area (Å²) in [7, 11) is 0. The molecule has 110 valence electrons.